The molecule has 0 aromatic heterocycles. The van der Waals surface area contributed by atoms with Crippen molar-refractivity contribution in [3.8, 4) is 22.6 Å². The minimum Gasteiger partial charge on any atom is -0.508 e. The van der Waals surface area contributed by atoms with Gasteiger partial charge in [0.25, 0.3) is 0 Å². The highest BCUT2D eigenvalue weighted by Crippen LogP contribution is 2.34. The van der Waals surface area contributed by atoms with E-state index in [0.29, 0.717) is 32.0 Å². The second kappa shape index (κ2) is 12.6. The van der Waals surface area contributed by atoms with Crippen LogP contribution in [0.4, 0.5) is 4.79 Å². The first-order valence-electron chi connectivity index (χ1n) is 12.1. The van der Waals surface area contributed by atoms with Crippen LogP contribution in [0.1, 0.15) is 36.1 Å². The number of nitrogens with one attached hydrogen (secondary N) is 1. The van der Waals surface area contributed by atoms with Crippen LogP contribution in [0.3, 0.4) is 0 Å². The number of ether oxygens (including phenoxy) is 2. The molecule has 0 atom stereocenters. The third-order valence-electron chi connectivity index (χ3n) is 5.88. The van der Waals surface area contributed by atoms with E-state index in [1.54, 1.807) is 43.2 Å². The van der Waals surface area contributed by atoms with Gasteiger partial charge in [0.2, 0.25) is 0 Å². The average Bonchev–Trinajstić information content (AvgIpc) is 2.87. The maximum absolute atomic E-state index is 13.0. The number of hydrogen-bond acceptors (Lipinski definition) is 5. The molecular formula is C29H34N2O5. The summed E-state index contributed by atoms with van der Waals surface area (Å²) >= 11 is 0. The zero-order chi connectivity index (χ0) is 26.1. The van der Waals surface area contributed by atoms with Crippen LogP contribution in [-0.2, 0) is 29.0 Å². The molecule has 190 valence electrons. The van der Waals surface area contributed by atoms with E-state index >= 15 is 0 Å². The maximum atomic E-state index is 13.0. The summed E-state index contributed by atoms with van der Waals surface area (Å²) in [6, 6.07) is 18.4. The van der Waals surface area contributed by atoms with Crippen LogP contribution in [0.5, 0.6) is 11.5 Å². The van der Waals surface area contributed by atoms with Crippen molar-refractivity contribution in [2.24, 2.45) is 0 Å². The summed E-state index contributed by atoms with van der Waals surface area (Å²) in [7, 11) is 1.62. The summed E-state index contributed by atoms with van der Waals surface area (Å²) in [4.78, 5) is 26.8. The van der Waals surface area contributed by atoms with Gasteiger partial charge in [0.15, 0.2) is 0 Å². The van der Waals surface area contributed by atoms with Crippen molar-refractivity contribution >= 4 is 12.0 Å². The number of aromatic hydroxyl groups is 1. The van der Waals surface area contributed by atoms with E-state index in [0.717, 1.165) is 33.4 Å². The van der Waals surface area contributed by atoms with Crippen molar-refractivity contribution in [2.45, 2.75) is 40.3 Å². The zero-order valence-electron chi connectivity index (χ0n) is 21.3. The van der Waals surface area contributed by atoms with Gasteiger partial charge in [-0.1, -0.05) is 42.0 Å². The number of amides is 2. The van der Waals surface area contributed by atoms with Crippen LogP contribution in [0, 0.1) is 6.92 Å². The van der Waals surface area contributed by atoms with Gasteiger partial charge in [0.05, 0.1) is 20.1 Å². The first-order valence-corrected chi connectivity index (χ1v) is 12.1. The Bertz CT molecular complexity index is 1190. The standard InChI is InChI=1S/C29H34N2O5/c1-5-31(29(34)30-18-21-8-11-24(32)12-9-21)19-23-15-20(3)7-13-25(23)26-16-22(10-14-27(26)35-4)17-28(33)36-6-2/h7-16,32H,5-6,17-19H2,1-4H3,(H,30,34). The molecule has 0 bridgehead atoms. The topological polar surface area (TPSA) is 88.1 Å². The molecule has 0 aliphatic heterocycles. The minimum absolute atomic E-state index is 0.173. The summed E-state index contributed by atoms with van der Waals surface area (Å²) in [5.74, 6) is 0.599. The van der Waals surface area contributed by atoms with Gasteiger partial charge in [-0.25, -0.2) is 4.79 Å². The predicted molar refractivity (Wildman–Crippen MR) is 140 cm³/mol. The zero-order valence-corrected chi connectivity index (χ0v) is 21.3. The van der Waals surface area contributed by atoms with Crippen LogP contribution in [0.25, 0.3) is 11.1 Å². The Kier molecular flexibility index (Phi) is 9.33. The quantitative estimate of drug-likeness (QED) is 0.381. The maximum Gasteiger partial charge on any atom is 0.317 e. The van der Waals surface area contributed by atoms with Gasteiger partial charge in [0, 0.05) is 25.2 Å². The second-order valence-electron chi connectivity index (χ2n) is 8.52. The Labute approximate surface area is 212 Å². The summed E-state index contributed by atoms with van der Waals surface area (Å²) in [5, 5.41) is 12.4. The number of phenols is 1. The van der Waals surface area contributed by atoms with Crippen molar-refractivity contribution in [2.75, 3.05) is 20.3 Å². The highest BCUT2D eigenvalue weighted by atomic mass is 16.5. The minimum atomic E-state index is -0.278. The van der Waals surface area contributed by atoms with E-state index in [1.807, 2.05) is 44.2 Å². The number of benzene rings is 3. The molecule has 2 amide bonds. The molecule has 7 heteroatoms. The van der Waals surface area contributed by atoms with Crippen LogP contribution < -0.4 is 10.1 Å². The fourth-order valence-corrected chi connectivity index (χ4v) is 4.01. The van der Waals surface area contributed by atoms with E-state index in [4.69, 9.17) is 9.47 Å². The first-order chi connectivity index (χ1) is 17.3. The second-order valence-corrected chi connectivity index (χ2v) is 8.52. The first kappa shape index (κ1) is 26.6. The molecule has 0 spiro atoms. The number of rotatable bonds is 10. The van der Waals surface area contributed by atoms with Crippen molar-refractivity contribution in [1.82, 2.24) is 10.2 Å². The van der Waals surface area contributed by atoms with Gasteiger partial charge in [-0.15, -0.1) is 0 Å². The monoisotopic (exact) mass is 490 g/mol. The molecule has 0 heterocycles. The molecule has 0 fully saturated rings. The lowest BCUT2D eigenvalue weighted by Gasteiger charge is -2.24. The van der Waals surface area contributed by atoms with Gasteiger partial charge in [0.1, 0.15) is 11.5 Å². The number of carbonyl (C=O) groups excluding carboxylic acids is 2. The summed E-state index contributed by atoms with van der Waals surface area (Å²) in [6.45, 7) is 7.37. The molecule has 0 aliphatic carbocycles. The number of hydrogen-bond donors (Lipinski definition) is 2. The number of aryl methyl sites for hydroxylation is 1. The number of carbonyl (C=O) groups is 2. The van der Waals surface area contributed by atoms with Crippen LogP contribution in [0.2, 0.25) is 0 Å². The Balaban J connectivity index is 1.86. The Morgan fingerprint density at radius 3 is 2.33 bits per heavy atom. The molecular weight excluding hydrogens is 456 g/mol. The third-order valence-corrected chi connectivity index (χ3v) is 5.88. The van der Waals surface area contributed by atoms with Crippen molar-refractivity contribution in [3.63, 3.8) is 0 Å². The Morgan fingerprint density at radius 2 is 1.67 bits per heavy atom. The van der Waals surface area contributed by atoms with Gasteiger partial charge in [-0.3, -0.25) is 4.79 Å². The van der Waals surface area contributed by atoms with E-state index in [1.165, 1.54) is 0 Å². The molecule has 0 radical (unpaired) electrons. The van der Waals surface area contributed by atoms with Gasteiger partial charge >= 0.3 is 12.0 Å². The number of esters is 1. The van der Waals surface area contributed by atoms with Gasteiger partial charge in [-0.2, -0.15) is 0 Å². The molecule has 7 nitrogen and oxygen atoms in total. The van der Waals surface area contributed by atoms with E-state index in [9.17, 15) is 14.7 Å². The third kappa shape index (κ3) is 7.01. The normalized spacial score (nSPS) is 10.6. The van der Waals surface area contributed by atoms with Gasteiger partial charge in [-0.05, 0) is 67.3 Å². The van der Waals surface area contributed by atoms with Crippen LogP contribution >= 0.6 is 0 Å². The van der Waals surface area contributed by atoms with Crippen molar-refractivity contribution < 1.29 is 24.2 Å². The number of methoxy groups -OCH3 is 1. The molecule has 36 heavy (non-hydrogen) atoms. The van der Waals surface area contributed by atoms with Crippen molar-refractivity contribution in [3.05, 3.63) is 82.9 Å². The lowest BCUT2D eigenvalue weighted by atomic mass is 9.94. The number of nitrogens with zero attached hydrogens (tertiary/aromatic N) is 1. The molecule has 3 aromatic rings. The smallest absolute Gasteiger partial charge is 0.317 e. The van der Waals surface area contributed by atoms with E-state index < -0.39 is 0 Å². The Hall–Kier alpha value is -4.00. The predicted octanol–water partition coefficient (Wildman–Crippen LogP) is 5.21. The summed E-state index contributed by atoms with van der Waals surface area (Å²) in [5.41, 5.74) is 5.58. The van der Waals surface area contributed by atoms with E-state index in [2.05, 4.69) is 11.4 Å². The van der Waals surface area contributed by atoms with E-state index in [-0.39, 0.29) is 24.2 Å². The van der Waals surface area contributed by atoms with Crippen LogP contribution in [0.15, 0.2) is 60.7 Å². The average molecular weight is 491 g/mol. The lowest BCUT2D eigenvalue weighted by Crippen LogP contribution is -2.39. The molecule has 0 saturated heterocycles. The fraction of sp³-hybridized carbons (Fsp3) is 0.310. The number of phenolic OH excluding ortho intramolecular Hbond substituents is 1. The molecule has 3 aromatic carbocycles. The molecule has 0 unspecified atom stereocenters. The van der Waals surface area contributed by atoms with Crippen molar-refractivity contribution in [1.29, 1.82) is 0 Å². The molecule has 0 aliphatic rings. The number of urea groups is 1. The fourth-order valence-electron chi connectivity index (χ4n) is 4.01. The summed E-state index contributed by atoms with van der Waals surface area (Å²) in [6.07, 6.45) is 0.173. The Morgan fingerprint density at radius 1 is 0.944 bits per heavy atom. The summed E-state index contributed by atoms with van der Waals surface area (Å²) < 4.78 is 10.7. The van der Waals surface area contributed by atoms with Gasteiger partial charge < -0.3 is 24.8 Å². The molecule has 0 saturated carbocycles. The molecule has 2 N–H and O–H groups in total. The largest absolute Gasteiger partial charge is 0.508 e. The highest BCUT2D eigenvalue weighted by Gasteiger charge is 2.18. The highest BCUT2D eigenvalue weighted by molar-refractivity contribution is 5.79. The molecule has 3 rings (SSSR count). The lowest BCUT2D eigenvalue weighted by molar-refractivity contribution is -0.142. The SMILES string of the molecule is CCOC(=O)Cc1ccc(OC)c(-c2ccc(C)cc2CN(CC)C(=O)NCc2ccc(O)cc2)c1. The van der Waals surface area contributed by atoms with Crippen LogP contribution in [-0.4, -0.2) is 42.3 Å².